The maximum absolute atomic E-state index is 14.3. The van der Waals surface area contributed by atoms with Crippen molar-refractivity contribution in [2.75, 3.05) is 40.5 Å². The van der Waals surface area contributed by atoms with E-state index in [2.05, 4.69) is 0 Å². The van der Waals surface area contributed by atoms with Gasteiger partial charge >= 0.3 is 6.09 Å². The Morgan fingerprint density at radius 3 is 2.20 bits per heavy atom. The predicted molar refractivity (Wildman–Crippen MR) is 151 cm³/mol. The lowest BCUT2D eigenvalue weighted by Crippen LogP contribution is -2.44. The number of carbonyl (C=O) groups is 2. The average Bonchev–Trinajstić information content (AvgIpc) is 3.78. The van der Waals surface area contributed by atoms with E-state index in [1.54, 1.807) is 25.2 Å². The van der Waals surface area contributed by atoms with Crippen LogP contribution >= 0.6 is 0 Å². The molecule has 0 saturated heterocycles. The van der Waals surface area contributed by atoms with E-state index in [4.69, 9.17) is 24.1 Å². The molecular formula is C31H40N2O7. The number of methoxy groups -OCH3 is 2. The van der Waals surface area contributed by atoms with Gasteiger partial charge in [0.1, 0.15) is 29.5 Å². The van der Waals surface area contributed by atoms with Crippen LogP contribution in [0.5, 0.6) is 17.2 Å². The van der Waals surface area contributed by atoms with Crippen molar-refractivity contribution >= 4 is 17.6 Å². The second-order valence-electron chi connectivity index (χ2n) is 11.1. The van der Waals surface area contributed by atoms with Crippen molar-refractivity contribution in [2.24, 2.45) is 0 Å². The van der Waals surface area contributed by atoms with Crippen molar-refractivity contribution < 1.29 is 33.6 Å². The van der Waals surface area contributed by atoms with Crippen LogP contribution in [-0.2, 0) is 16.1 Å². The van der Waals surface area contributed by atoms with Gasteiger partial charge < -0.3 is 33.9 Å². The van der Waals surface area contributed by atoms with Gasteiger partial charge in [0, 0.05) is 30.8 Å². The molecule has 2 aromatic rings. The number of hydrogen-bond acceptors (Lipinski definition) is 7. The summed E-state index contributed by atoms with van der Waals surface area (Å²) in [5.41, 5.74) is 2.67. The number of nitrogens with zero attached hydrogens (tertiary/aromatic N) is 2. The number of carbonyl (C=O) groups excluding carboxylic acids is 2. The monoisotopic (exact) mass is 552 g/mol. The summed E-state index contributed by atoms with van der Waals surface area (Å²) < 4.78 is 22.1. The molecule has 1 heterocycles. The van der Waals surface area contributed by atoms with Crippen LogP contribution < -0.4 is 14.2 Å². The minimum Gasteiger partial charge on any atom is -0.497 e. The first-order valence-electron chi connectivity index (χ1n) is 13.7. The normalized spacial score (nSPS) is 15.5. The van der Waals surface area contributed by atoms with Gasteiger partial charge in [-0.2, -0.15) is 0 Å². The Morgan fingerprint density at radius 1 is 1.00 bits per heavy atom. The predicted octanol–water partition coefficient (Wildman–Crippen LogP) is 4.66. The van der Waals surface area contributed by atoms with Gasteiger partial charge in [0.05, 0.1) is 27.4 Å². The van der Waals surface area contributed by atoms with E-state index in [-0.39, 0.29) is 31.7 Å². The maximum atomic E-state index is 14.3. The molecule has 0 aromatic heterocycles. The summed E-state index contributed by atoms with van der Waals surface area (Å²) in [6.07, 6.45) is 1.95. The zero-order chi connectivity index (χ0) is 28.9. The molecule has 2 aliphatic rings. The quantitative estimate of drug-likeness (QED) is 0.458. The Labute approximate surface area is 236 Å². The fourth-order valence-corrected chi connectivity index (χ4v) is 4.76. The summed E-state index contributed by atoms with van der Waals surface area (Å²) in [4.78, 5) is 30.8. The number of benzene rings is 2. The summed E-state index contributed by atoms with van der Waals surface area (Å²) in [6, 6.07) is 13.3. The van der Waals surface area contributed by atoms with Crippen LogP contribution in [0.3, 0.4) is 0 Å². The third kappa shape index (κ3) is 7.47. The highest BCUT2D eigenvalue weighted by Gasteiger charge is 2.38. The molecule has 2 amide bonds. The van der Waals surface area contributed by atoms with E-state index in [1.165, 1.54) is 0 Å². The maximum Gasteiger partial charge on any atom is 0.410 e. The second-order valence-corrected chi connectivity index (χ2v) is 11.1. The zero-order valence-corrected chi connectivity index (χ0v) is 24.1. The highest BCUT2D eigenvalue weighted by Crippen LogP contribution is 2.36. The molecule has 9 heteroatoms. The van der Waals surface area contributed by atoms with Gasteiger partial charge in [-0.05, 0) is 81.0 Å². The number of rotatable bonds is 10. The SMILES string of the molecule is COc1cc(CN(C(=O)C2=C(c3ccc(OCCO)cc3)CCN(C(=O)OC(C)(C)C)C2)C2CC2)cc(OC)c1. The molecule has 1 saturated carbocycles. The first kappa shape index (κ1) is 29.3. The largest absolute Gasteiger partial charge is 0.497 e. The standard InChI is InChI=1S/C31H40N2O7/c1-31(2,3)40-30(36)32-13-12-27(22-6-10-24(11-7-22)39-15-14-34)28(20-32)29(35)33(23-8-9-23)19-21-16-25(37-4)18-26(17-21)38-5/h6-7,10-11,16-18,23,34H,8-9,12-15,19-20H2,1-5H3. The third-order valence-corrected chi connectivity index (χ3v) is 6.83. The fraction of sp³-hybridized carbons (Fsp3) is 0.484. The van der Waals surface area contributed by atoms with Crippen molar-refractivity contribution in [1.29, 1.82) is 0 Å². The molecule has 9 nitrogen and oxygen atoms in total. The second kappa shape index (κ2) is 12.6. The highest BCUT2D eigenvalue weighted by atomic mass is 16.6. The van der Waals surface area contributed by atoms with E-state index in [9.17, 15) is 9.59 Å². The minimum absolute atomic E-state index is 0.0672. The van der Waals surface area contributed by atoms with E-state index in [1.807, 2.05) is 62.1 Å². The molecule has 0 radical (unpaired) electrons. The van der Waals surface area contributed by atoms with Gasteiger partial charge in [-0.25, -0.2) is 4.79 Å². The lowest BCUT2D eigenvalue weighted by atomic mass is 9.92. The molecule has 0 unspecified atom stereocenters. The van der Waals surface area contributed by atoms with Crippen LogP contribution in [0.1, 0.15) is 51.2 Å². The van der Waals surface area contributed by atoms with Gasteiger partial charge in [0.15, 0.2) is 0 Å². The first-order chi connectivity index (χ1) is 19.1. The number of ether oxygens (including phenoxy) is 4. The van der Waals surface area contributed by atoms with Gasteiger partial charge in [0.25, 0.3) is 5.91 Å². The van der Waals surface area contributed by atoms with Gasteiger partial charge in [-0.3, -0.25) is 4.79 Å². The molecule has 0 bridgehead atoms. The van der Waals surface area contributed by atoms with Gasteiger partial charge in [0.2, 0.25) is 0 Å². The number of aliphatic hydroxyl groups excluding tert-OH is 1. The Balaban J connectivity index is 1.68. The summed E-state index contributed by atoms with van der Waals surface area (Å²) in [6.45, 7) is 6.65. The molecule has 1 fully saturated rings. The fourth-order valence-electron chi connectivity index (χ4n) is 4.76. The van der Waals surface area contributed by atoms with Crippen molar-refractivity contribution in [3.05, 3.63) is 59.2 Å². The Hall–Kier alpha value is -3.72. The van der Waals surface area contributed by atoms with Gasteiger partial charge in [-0.15, -0.1) is 0 Å². The summed E-state index contributed by atoms with van der Waals surface area (Å²) >= 11 is 0. The molecular weight excluding hydrogens is 512 g/mol. The molecule has 1 N–H and O–H groups in total. The van der Waals surface area contributed by atoms with E-state index in [0.717, 1.165) is 29.5 Å². The van der Waals surface area contributed by atoms with Crippen molar-refractivity contribution in [2.45, 2.75) is 58.2 Å². The zero-order valence-electron chi connectivity index (χ0n) is 24.1. The van der Waals surface area contributed by atoms with Crippen LogP contribution in [0, 0.1) is 0 Å². The van der Waals surface area contributed by atoms with Crippen LogP contribution in [0.15, 0.2) is 48.0 Å². The van der Waals surface area contributed by atoms with Crippen molar-refractivity contribution in [1.82, 2.24) is 9.80 Å². The van der Waals surface area contributed by atoms with Crippen molar-refractivity contribution in [3.63, 3.8) is 0 Å². The lowest BCUT2D eigenvalue weighted by molar-refractivity contribution is -0.128. The molecule has 1 aliphatic carbocycles. The molecule has 2 aromatic carbocycles. The van der Waals surface area contributed by atoms with Gasteiger partial charge in [-0.1, -0.05) is 12.1 Å². The first-order valence-corrected chi connectivity index (χ1v) is 13.7. The van der Waals surface area contributed by atoms with E-state index < -0.39 is 11.7 Å². The third-order valence-electron chi connectivity index (χ3n) is 6.83. The topological polar surface area (TPSA) is 97.8 Å². The summed E-state index contributed by atoms with van der Waals surface area (Å²) in [5, 5.41) is 9.06. The molecule has 4 rings (SSSR count). The number of aliphatic hydroxyl groups is 1. The summed E-state index contributed by atoms with van der Waals surface area (Å²) in [5.74, 6) is 1.88. The molecule has 1 aliphatic heterocycles. The number of amides is 2. The van der Waals surface area contributed by atoms with Crippen LogP contribution in [-0.4, -0.2) is 79.1 Å². The lowest BCUT2D eigenvalue weighted by Gasteiger charge is -2.34. The smallest absolute Gasteiger partial charge is 0.410 e. The van der Waals surface area contributed by atoms with Crippen molar-refractivity contribution in [3.8, 4) is 17.2 Å². The average molecular weight is 553 g/mol. The van der Waals surface area contributed by atoms with Crippen LogP contribution in [0.2, 0.25) is 0 Å². The number of hydrogen-bond donors (Lipinski definition) is 1. The van der Waals surface area contributed by atoms with E-state index >= 15 is 0 Å². The Morgan fingerprint density at radius 2 is 1.65 bits per heavy atom. The molecule has 0 spiro atoms. The highest BCUT2D eigenvalue weighted by molar-refractivity contribution is 6.03. The summed E-state index contributed by atoms with van der Waals surface area (Å²) in [7, 11) is 3.21. The minimum atomic E-state index is -0.638. The van der Waals surface area contributed by atoms with Crippen LogP contribution in [0.25, 0.3) is 5.57 Å². The molecule has 40 heavy (non-hydrogen) atoms. The van der Waals surface area contributed by atoms with E-state index in [0.29, 0.717) is 42.3 Å². The molecule has 0 atom stereocenters. The Bertz CT molecular complexity index is 1210. The Kier molecular flexibility index (Phi) is 9.25. The van der Waals surface area contributed by atoms with Crippen LogP contribution in [0.4, 0.5) is 4.79 Å². The molecule has 216 valence electrons.